The van der Waals surface area contributed by atoms with Gasteiger partial charge in [-0.3, -0.25) is 0 Å². The summed E-state index contributed by atoms with van der Waals surface area (Å²) >= 11 is 0. The molecule has 0 amide bonds. The molecule has 0 spiro atoms. The lowest BCUT2D eigenvalue weighted by molar-refractivity contribution is 0.0696. The average Bonchev–Trinajstić information content (AvgIpc) is 2.30. The van der Waals surface area contributed by atoms with Crippen LogP contribution in [-0.2, 0) is 0 Å². The maximum absolute atomic E-state index is 13.5. The molecule has 0 atom stereocenters. The monoisotopic (exact) mass is 272 g/mol. The zero-order chi connectivity index (χ0) is 14.4. The van der Waals surface area contributed by atoms with Gasteiger partial charge in [0.25, 0.3) is 0 Å². The first kappa shape index (κ1) is 15.4. The van der Waals surface area contributed by atoms with Crippen molar-refractivity contribution in [1.82, 2.24) is 4.90 Å². The molecule has 0 aliphatic heterocycles. The second-order valence-electron chi connectivity index (χ2n) is 4.56. The molecule has 106 valence electrons. The van der Waals surface area contributed by atoms with E-state index in [1.165, 1.54) is 0 Å². The van der Waals surface area contributed by atoms with Crippen molar-refractivity contribution in [3.05, 3.63) is 29.3 Å². The number of aromatic carboxylic acids is 1. The van der Waals surface area contributed by atoms with Crippen LogP contribution in [0.1, 0.15) is 23.2 Å². The number of carbonyl (C=O) groups is 1. The number of halogens is 2. The van der Waals surface area contributed by atoms with E-state index in [0.717, 1.165) is 31.5 Å². The van der Waals surface area contributed by atoms with Crippen LogP contribution in [0.3, 0.4) is 0 Å². The largest absolute Gasteiger partial charge is 0.478 e. The van der Waals surface area contributed by atoms with E-state index in [-0.39, 0.29) is 5.69 Å². The number of carboxylic acid groups (broad SMARTS) is 1. The van der Waals surface area contributed by atoms with Crippen LogP contribution in [0, 0.1) is 11.6 Å². The normalized spacial score (nSPS) is 10.8. The summed E-state index contributed by atoms with van der Waals surface area (Å²) in [5.41, 5.74) is -0.664. The highest BCUT2D eigenvalue weighted by atomic mass is 19.1. The fraction of sp³-hybridized carbons (Fsp3) is 0.462. The van der Waals surface area contributed by atoms with Crippen LogP contribution in [-0.4, -0.2) is 43.2 Å². The molecule has 4 nitrogen and oxygen atoms in total. The molecule has 0 radical (unpaired) electrons. The predicted octanol–water partition coefficient (Wildman–Crippen LogP) is 2.42. The Morgan fingerprint density at radius 1 is 1.26 bits per heavy atom. The Labute approximate surface area is 111 Å². The number of carboxylic acids is 1. The Hall–Kier alpha value is -1.69. The van der Waals surface area contributed by atoms with Crippen LogP contribution in [0.2, 0.25) is 0 Å². The van der Waals surface area contributed by atoms with Gasteiger partial charge in [0.2, 0.25) is 0 Å². The Bertz CT molecular complexity index is 427. The van der Waals surface area contributed by atoms with Gasteiger partial charge in [-0.15, -0.1) is 0 Å². The van der Waals surface area contributed by atoms with Gasteiger partial charge in [0, 0.05) is 6.54 Å². The molecule has 1 aromatic rings. The average molecular weight is 272 g/mol. The van der Waals surface area contributed by atoms with Crippen LogP contribution in [0.25, 0.3) is 0 Å². The molecule has 0 unspecified atom stereocenters. The van der Waals surface area contributed by atoms with E-state index >= 15 is 0 Å². The standard InChI is InChI=1S/C13H18F2N2O2/c1-17(2)6-4-3-5-16-12-10(14)7-9(13(18)19)8-11(12)15/h7-8,16H,3-6H2,1-2H3,(H,18,19). The first-order chi connectivity index (χ1) is 8.91. The molecule has 0 aliphatic rings. The topological polar surface area (TPSA) is 52.6 Å². The van der Waals surface area contributed by atoms with Crippen molar-refractivity contribution in [1.29, 1.82) is 0 Å². The molecule has 6 heteroatoms. The third-order valence-electron chi connectivity index (χ3n) is 2.62. The van der Waals surface area contributed by atoms with Gasteiger partial charge >= 0.3 is 5.97 Å². The number of hydrogen-bond acceptors (Lipinski definition) is 3. The zero-order valence-corrected chi connectivity index (χ0v) is 11.0. The molecule has 0 saturated heterocycles. The van der Waals surface area contributed by atoms with Gasteiger partial charge in [-0.25, -0.2) is 13.6 Å². The van der Waals surface area contributed by atoms with Crippen molar-refractivity contribution in [2.24, 2.45) is 0 Å². The van der Waals surface area contributed by atoms with Gasteiger partial charge in [0.05, 0.1) is 5.56 Å². The van der Waals surface area contributed by atoms with Gasteiger partial charge in [0.15, 0.2) is 0 Å². The summed E-state index contributed by atoms with van der Waals surface area (Å²) in [5.74, 6) is -3.12. The number of nitrogens with one attached hydrogen (secondary N) is 1. The summed E-state index contributed by atoms with van der Waals surface area (Å²) in [4.78, 5) is 12.7. The lowest BCUT2D eigenvalue weighted by Gasteiger charge is -2.11. The van der Waals surface area contributed by atoms with Crippen LogP contribution < -0.4 is 5.32 Å². The van der Waals surface area contributed by atoms with Crippen molar-refractivity contribution in [3.8, 4) is 0 Å². The number of rotatable bonds is 7. The summed E-state index contributed by atoms with van der Waals surface area (Å²) in [6, 6.07) is 1.63. The van der Waals surface area contributed by atoms with Gasteiger partial charge in [0.1, 0.15) is 17.3 Å². The van der Waals surface area contributed by atoms with Crippen LogP contribution in [0.4, 0.5) is 14.5 Å². The summed E-state index contributed by atoms with van der Waals surface area (Å²) < 4.78 is 27.1. The molecule has 0 bridgehead atoms. The third kappa shape index (κ3) is 4.82. The molecule has 1 aromatic carbocycles. The van der Waals surface area contributed by atoms with Gasteiger partial charge in [-0.1, -0.05) is 0 Å². The minimum Gasteiger partial charge on any atom is -0.478 e. The summed E-state index contributed by atoms with van der Waals surface area (Å²) in [7, 11) is 3.91. The fourth-order valence-corrected chi connectivity index (χ4v) is 1.63. The third-order valence-corrected chi connectivity index (χ3v) is 2.62. The maximum Gasteiger partial charge on any atom is 0.335 e. The second kappa shape index (κ2) is 7.04. The first-order valence-corrected chi connectivity index (χ1v) is 6.02. The predicted molar refractivity (Wildman–Crippen MR) is 69.6 cm³/mol. The highest BCUT2D eigenvalue weighted by Crippen LogP contribution is 2.20. The second-order valence-corrected chi connectivity index (χ2v) is 4.56. The Balaban J connectivity index is 2.57. The van der Waals surface area contributed by atoms with Crippen molar-refractivity contribution in [3.63, 3.8) is 0 Å². The maximum atomic E-state index is 13.5. The number of unbranched alkanes of at least 4 members (excludes halogenated alkanes) is 1. The van der Waals surface area contributed by atoms with Crippen molar-refractivity contribution in [2.75, 3.05) is 32.5 Å². The molecular formula is C13H18F2N2O2. The fourth-order valence-electron chi connectivity index (χ4n) is 1.63. The molecule has 0 fully saturated rings. The van der Waals surface area contributed by atoms with E-state index in [1.807, 2.05) is 19.0 Å². The van der Waals surface area contributed by atoms with Crippen molar-refractivity contribution in [2.45, 2.75) is 12.8 Å². The van der Waals surface area contributed by atoms with Gasteiger partial charge in [-0.2, -0.15) is 0 Å². The summed E-state index contributed by atoms with van der Waals surface area (Å²) in [6.45, 7) is 1.35. The van der Waals surface area contributed by atoms with E-state index in [2.05, 4.69) is 5.32 Å². The number of hydrogen-bond donors (Lipinski definition) is 2. The molecular weight excluding hydrogens is 254 g/mol. The van der Waals surface area contributed by atoms with Gasteiger partial charge < -0.3 is 15.3 Å². The van der Waals surface area contributed by atoms with Crippen LogP contribution in [0.5, 0.6) is 0 Å². The van der Waals surface area contributed by atoms with E-state index in [9.17, 15) is 13.6 Å². The van der Waals surface area contributed by atoms with E-state index in [0.29, 0.717) is 6.54 Å². The molecule has 0 aromatic heterocycles. The molecule has 0 saturated carbocycles. The van der Waals surface area contributed by atoms with Gasteiger partial charge in [-0.05, 0) is 45.6 Å². The smallest absolute Gasteiger partial charge is 0.335 e. The summed E-state index contributed by atoms with van der Waals surface area (Å²) in [6.07, 6.45) is 1.69. The van der Waals surface area contributed by atoms with E-state index < -0.39 is 23.2 Å². The Morgan fingerprint density at radius 2 is 1.84 bits per heavy atom. The lowest BCUT2D eigenvalue weighted by atomic mass is 10.2. The first-order valence-electron chi connectivity index (χ1n) is 6.02. The van der Waals surface area contributed by atoms with E-state index in [4.69, 9.17) is 5.11 Å². The number of anilines is 1. The molecule has 0 heterocycles. The molecule has 2 N–H and O–H groups in total. The Kier molecular flexibility index (Phi) is 5.69. The zero-order valence-electron chi connectivity index (χ0n) is 11.0. The van der Waals surface area contributed by atoms with Crippen LogP contribution in [0.15, 0.2) is 12.1 Å². The minimum atomic E-state index is -1.35. The number of benzene rings is 1. The number of nitrogens with zero attached hydrogens (tertiary/aromatic N) is 1. The highest BCUT2D eigenvalue weighted by molar-refractivity contribution is 5.88. The van der Waals surface area contributed by atoms with Crippen molar-refractivity contribution >= 4 is 11.7 Å². The Morgan fingerprint density at radius 3 is 2.32 bits per heavy atom. The van der Waals surface area contributed by atoms with Crippen molar-refractivity contribution < 1.29 is 18.7 Å². The SMILES string of the molecule is CN(C)CCCCNc1c(F)cc(C(=O)O)cc1F. The lowest BCUT2D eigenvalue weighted by Crippen LogP contribution is -2.14. The van der Waals surface area contributed by atoms with Crippen LogP contribution >= 0.6 is 0 Å². The highest BCUT2D eigenvalue weighted by Gasteiger charge is 2.14. The molecule has 1 rings (SSSR count). The quantitative estimate of drug-likeness (QED) is 0.748. The van der Waals surface area contributed by atoms with E-state index in [1.54, 1.807) is 0 Å². The molecule has 0 aliphatic carbocycles. The minimum absolute atomic E-state index is 0.269. The molecule has 19 heavy (non-hydrogen) atoms. The summed E-state index contributed by atoms with van der Waals surface area (Å²) in [5, 5.41) is 11.3.